The molecule has 2 rings (SSSR count). The van der Waals surface area contributed by atoms with Crippen molar-refractivity contribution >= 4 is 6.16 Å². The third-order valence-electron chi connectivity index (χ3n) is 6.76. The Morgan fingerprint density at radius 3 is 1.12 bits per heavy atom. The van der Waals surface area contributed by atoms with E-state index in [1.807, 2.05) is 0 Å². The molecule has 26 heavy (non-hydrogen) atoms. The highest BCUT2D eigenvalue weighted by Gasteiger charge is 2.28. The van der Waals surface area contributed by atoms with Crippen molar-refractivity contribution in [3.05, 3.63) is 0 Å². The van der Waals surface area contributed by atoms with Crippen LogP contribution in [0.5, 0.6) is 0 Å². The van der Waals surface area contributed by atoms with Gasteiger partial charge in [-0.15, -0.1) is 0 Å². The number of nitrogens with zero attached hydrogens (tertiary/aromatic N) is 2. The molecule has 0 saturated heterocycles. The average Bonchev–Trinajstić information content (AvgIpc) is 2.63. The van der Waals surface area contributed by atoms with Crippen molar-refractivity contribution in [2.24, 2.45) is 0 Å². The molecule has 0 N–H and O–H groups in total. The van der Waals surface area contributed by atoms with Crippen LogP contribution in [0.25, 0.3) is 0 Å². The average molecular weight is 373 g/mol. The number of quaternary nitrogens is 2. The standard InChI is InChI=1S/2C10H22N.CH2O3/c2*1-4-11(2,3)10-8-6-5-7-9-10;2-1(3)4/h2*10H,4-9H2,1-3H3;(H2,2,3,4)/q2*+1;/p-2. The predicted octanol–water partition coefficient (Wildman–Crippen LogP) is 2.38. The smallest absolute Gasteiger partial charge is 0.0886 e. The molecule has 2 saturated carbocycles. The van der Waals surface area contributed by atoms with Gasteiger partial charge in [-0.25, -0.2) is 0 Å². The lowest BCUT2D eigenvalue weighted by molar-refractivity contribution is -0.914. The summed E-state index contributed by atoms with van der Waals surface area (Å²) in [5.74, 6) is 0. The number of carboxylic acid groups (broad SMARTS) is 2. The van der Waals surface area contributed by atoms with Crippen LogP contribution in [0.2, 0.25) is 0 Å². The minimum absolute atomic E-state index is 0.953. The van der Waals surface area contributed by atoms with E-state index < -0.39 is 6.16 Å². The van der Waals surface area contributed by atoms with E-state index in [9.17, 15) is 0 Å². The van der Waals surface area contributed by atoms with Gasteiger partial charge in [0.25, 0.3) is 0 Å². The van der Waals surface area contributed by atoms with Crippen molar-refractivity contribution in [1.29, 1.82) is 0 Å². The third-order valence-corrected chi connectivity index (χ3v) is 6.76. The van der Waals surface area contributed by atoms with E-state index in [1.165, 1.54) is 86.3 Å². The zero-order valence-electron chi connectivity index (χ0n) is 18.3. The van der Waals surface area contributed by atoms with Gasteiger partial charge >= 0.3 is 0 Å². The van der Waals surface area contributed by atoms with Crippen LogP contribution >= 0.6 is 0 Å². The van der Waals surface area contributed by atoms with Crippen molar-refractivity contribution in [2.75, 3.05) is 41.3 Å². The lowest BCUT2D eigenvalue weighted by Gasteiger charge is -2.39. The van der Waals surface area contributed by atoms with Crippen LogP contribution < -0.4 is 10.2 Å². The molecule has 5 nitrogen and oxygen atoms in total. The molecule has 0 unspecified atom stereocenters. The van der Waals surface area contributed by atoms with Gasteiger partial charge in [0.1, 0.15) is 0 Å². The first kappa shape index (κ1) is 25.2. The fourth-order valence-electron chi connectivity index (χ4n) is 4.08. The fraction of sp³-hybridized carbons (Fsp3) is 0.952. The molecule has 156 valence electrons. The number of rotatable bonds is 4. The molecule has 0 heterocycles. The second-order valence-corrected chi connectivity index (χ2v) is 9.02. The van der Waals surface area contributed by atoms with Gasteiger partial charge in [-0.1, -0.05) is 12.8 Å². The van der Waals surface area contributed by atoms with E-state index in [-0.39, 0.29) is 0 Å². The summed E-state index contributed by atoms with van der Waals surface area (Å²) in [4.78, 5) is 8.33. The lowest BCUT2D eigenvalue weighted by Crippen LogP contribution is -2.49. The summed E-state index contributed by atoms with van der Waals surface area (Å²) >= 11 is 0. The van der Waals surface area contributed by atoms with E-state index in [2.05, 4.69) is 42.0 Å². The highest BCUT2D eigenvalue weighted by molar-refractivity contribution is 5.47. The molecule has 0 aliphatic heterocycles. The highest BCUT2D eigenvalue weighted by Crippen LogP contribution is 2.25. The van der Waals surface area contributed by atoms with Gasteiger partial charge in [0, 0.05) is 0 Å². The minimum Gasteiger partial charge on any atom is -0.652 e. The third kappa shape index (κ3) is 10.4. The van der Waals surface area contributed by atoms with Gasteiger partial charge in [0.2, 0.25) is 0 Å². The Kier molecular flexibility index (Phi) is 12.2. The van der Waals surface area contributed by atoms with E-state index in [0.717, 1.165) is 12.1 Å². The SMILES string of the molecule is CC[N+](C)(C)C1CCCCC1.CC[N+](C)(C)C1CCCCC1.O=C([O-])[O-]. The lowest BCUT2D eigenvalue weighted by atomic mass is 9.93. The van der Waals surface area contributed by atoms with Crippen molar-refractivity contribution in [2.45, 2.75) is 90.1 Å². The van der Waals surface area contributed by atoms with Gasteiger partial charge in [-0.2, -0.15) is 0 Å². The molecule has 0 aromatic heterocycles. The summed E-state index contributed by atoms with van der Waals surface area (Å²) in [7, 11) is 9.48. The van der Waals surface area contributed by atoms with E-state index in [4.69, 9.17) is 15.0 Å². The monoisotopic (exact) mass is 372 g/mol. The van der Waals surface area contributed by atoms with Gasteiger partial charge in [0.15, 0.2) is 0 Å². The highest BCUT2D eigenvalue weighted by atomic mass is 16.6. The van der Waals surface area contributed by atoms with E-state index in [0.29, 0.717) is 0 Å². The second kappa shape index (κ2) is 12.6. The van der Waals surface area contributed by atoms with Crippen LogP contribution in [-0.4, -0.2) is 68.5 Å². The Hall–Kier alpha value is -0.810. The summed E-state index contributed by atoms with van der Waals surface area (Å²) < 4.78 is 2.47. The van der Waals surface area contributed by atoms with Crippen LogP contribution in [0.4, 0.5) is 4.79 Å². The molecule has 0 aromatic carbocycles. The zero-order chi connectivity index (χ0) is 20.2. The number of hydrogen-bond acceptors (Lipinski definition) is 3. The summed E-state index contributed by atoms with van der Waals surface area (Å²) in [6.07, 6.45) is 12.3. The molecular formula is C21H44N2O3. The van der Waals surface area contributed by atoms with Crippen molar-refractivity contribution in [3.63, 3.8) is 0 Å². The molecule has 2 aliphatic rings. The first-order valence-corrected chi connectivity index (χ1v) is 10.6. The Bertz CT molecular complexity index is 337. The van der Waals surface area contributed by atoms with Crippen LogP contribution in [0.15, 0.2) is 0 Å². The normalized spacial score (nSPS) is 19.6. The largest absolute Gasteiger partial charge is 0.652 e. The maximum atomic E-state index is 8.33. The maximum Gasteiger partial charge on any atom is 0.0886 e. The van der Waals surface area contributed by atoms with Crippen LogP contribution in [0.1, 0.15) is 78.1 Å². The molecule has 0 atom stereocenters. The number of hydrogen-bond donors (Lipinski definition) is 0. The molecular weight excluding hydrogens is 328 g/mol. The molecule has 0 amide bonds. The molecule has 0 aromatic rings. The summed E-state index contributed by atoms with van der Waals surface area (Å²) in [5.41, 5.74) is 0. The quantitative estimate of drug-likeness (QED) is 0.712. The zero-order valence-corrected chi connectivity index (χ0v) is 18.3. The van der Waals surface area contributed by atoms with Crippen molar-refractivity contribution < 1.29 is 24.0 Å². The summed E-state index contributed by atoms with van der Waals surface area (Å²) in [6, 6.07) is 1.91. The predicted molar refractivity (Wildman–Crippen MR) is 104 cm³/mol. The van der Waals surface area contributed by atoms with Crippen molar-refractivity contribution in [1.82, 2.24) is 0 Å². The first-order chi connectivity index (χ1) is 12.1. The summed E-state index contributed by atoms with van der Waals surface area (Å²) in [6.45, 7) is 7.17. The van der Waals surface area contributed by atoms with Crippen molar-refractivity contribution in [3.8, 4) is 0 Å². The minimum atomic E-state index is -2.33. The van der Waals surface area contributed by atoms with Gasteiger partial charge in [-0.3, -0.25) is 0 Å². The molecule has 0 bridgehead atoms. The summed E-state index contributed by atoms with van der Waals surface area (Å²) in [5, 5.41) is 16.7. The van der Waals surface area contributed by atoms with Crippen LogP contribution in [0.3, 0.4) is 0 Å². The molecule has 0 radical (unpaired) electrons. The Labute approximate surface area is 162 Å². The van der Waals surface area contributed by atoms with Gasteiger partial charge in [0.05, 0.1) is 53.4 Å². The van der Waals surface area contributed by atoms with E-state index in [1.54, 1.807) is 0 Å². The molecule has 2 fully saturated rings. The Morgan fingerprint density at radius 1 is 0.692 bits per heavy atom. The molecule has 5 heteroatoms. The molecule has 2 aliphatic carbocycles. The first-order valence-electron chi connectivity index (χ1n) is 10.6. The molecule has 0 spiro atoms. The Balaban J connectivity index is 0.000000401. The van der Waals surface area contributed by atoms with Crippen LogP contribution in [-0.2, 0) is 0 Å². The van der Waals surface area contributed by atoms with Gasteiger partial charge in [-0.05, 0) is 71.4 Å². The topological polar surface area (TPSA) is 63.2 Å². The Morgan fingerprint density at radius 2 is 0.923 bits per heavy atom. The van der Waals surface area contributed by atoms with E-state index >= 15 is 0 Å². The number of carbonyl (C=O) groups is 1. The second-order valence-electron chi connectivity index (χ2n) is 9.02. The fourth-order valence-corrected chi connectivity index (χ4v) is 4.08. The maximum absolute atomic E-state index is 8.33. The van der Waals surface area contributed by atoms with Crippen LogP contribution in [0, 0.1) is 0 Å². The number of carbonyl (C=O) groups excluding carboxylic acids is 1. The van der Waals surface area contributed by atoms with Gasteiger partial charge < -0.3 is 24.0 Å².